The largest absolute Gasteiger partial charge is 0.508 e. The van der Waals surface area contributed by atoms with Crippen molar-refractivity contribution in [2.45, 2.75) is 37.8 Å². The van der Waals surface area contributed by atoms with E-state index in [2.05, 4.69) is 34.9 Å². The van der Waals surface area contributed by atoms with Crippen molar-refractivity contribution in [2.75, 3.05) is 20.6 Å². The van der Waals surface area contributed by atoms with Gasteiger partial charge in [0.15, 0.2) is 0 Å². The van der Waals surface area contributed by atoms with E-state index in [-0.39, 0.29) is 23.5 Å². The summed E-state index contributed by atoms with van der Waals surface area (Å²) in [4.78, 5) is 27.5. The van der Waals surface area contributed by atoms with Gasteiger partial charge in [-0.25, -0.2) is 0 Å². The number of amides is 2. The van der Waals surface area contributed by atoms with Gasteiger partial charge in [0, 0.05) is 12.5 Å². The minimum absolute atomic E-state index is 0.172. The van der Waals surface area contributed by atoms with Crippen LogP contribution in [0.4, 0.5) is 0 Å². The van der Waals surface area contributed by atoms with Crippen LogP contribution in [0.1, 0.15) is 36.0 Å². The third-order valence-electron chi connectivity index (χ3n) is 6.18. The van der Waals surface area contributed by atoms with Gasteiger partial charge in [0.25, 0.3) is 0 Å². The Morgan fingerprint density at radius 1 is 0.829 bits per heavy atom. The van der Waals surface area contributed by atoms with Crippen molar-refractivity contribution < 1.29 is 14.7 Å². The van der Waals surface area contributed by atoms with E-state index in [1.165, 1.54) is 11.1 Å². The van der Waals surface area contributed by atoms with Gasteiger partial charge in [-0.1, -0.05) is 72.8 Å². The predicted octanol–water partition coefficient (Wildman–Crippen LogP) is 3.71. The highest BCUT2D eigenvalue weighted by Gasteiger charge is 2.25. The van der Waals surface area contributed by atoms with Crippen LogP contribution in [-0.4, -0.2) is 54.5 Å². The fourth-order valence-corrected chi connectivity index (χ4v) is 4.13. The molecule has 2 amide bonds. The Kier molecular flexibility index (Phi) is 9.44. The Hall–Kier alpha value is -3.64. The van der Waals surface area contributed by atoms with Crippen LogP contribution < -0.4 is 10.6 Å². The molecule has 3 N–H and O–H groups in total. The smallest absolute Gasteiger partial charge is 0.242 e. The molecule has 35 heavy (non-hydrogen) atoms. The number of benzene rings is 3. The van der Waals surface area contributed by atoms with Crippen LogP contribution >= 0.6 is 0 Å². The average molecular weight is 474 g/mol. The Morgan fingerprint density at radius 2 is 1.37 bits per heavy atom. The standard InChI is InChI=1S/C29H35N3O3/c1-21(31-29(35)27(32(2)3)20-22-14-16-25(33)17-15-22)28(34)30-19-18-26(23-10-6-4-7-11-23)24-12-8-5-9-13-24/h4-17,21,26-27,33H,18-20H2,1-3H3,(H,30,34)(H,31,35)/t21-,27?/m1/s1. The van der Waals surface area contributed by atoms with E-state index in [0.717, 1.165) is 12.0 Å². The lowest BCUT2D eigenvalue weighted by Gasteiger charge is -2.25. The van der Waals surface area contributed by atoms with Crippen LogP contribution in [0.3, 0.4) is 0 Å². The molecule has 6 nitrogen and oxygen atoms in total. The quantitative estimate of drug-likeness (QED) is 0.397. The molecule has 0 saturated heterocycles. The number of rotatable bonds is 11. The summed E-state index contributed by atoms with van der Waals surface area (Å²) in [6.07, 6.45) is 1.23. The second kappa shape index (κ2) is 12.7. The molecule has 0 heterocycles. The number of carbonyl (C=O) groups excluding carboxylic acids is 2. The Bertz CT molecular complexity index is 1030. The van der Waals surface area contributed by atoms with Gasteiger partial charge < -0.3 is 15.7 Å². The second-order valence-corrected chi connectivity index (χ2v) is 9.03. The van der Waals surface area contributed by atoms with Gasteiger partial charge in [-0.05, 0) is 62.7 Å². The first kappa shape index (κ1) is 26.0. The van der Waals surface area contributed by atoms with Gasteiger partial charge in [-0.2, -0.15) is 0 Å². The van der Waals surface area contributed by atoms with Crippen molar-refractivity contribution in [2.24, 2.45) is 0 Å². The highest BCUT2D eigenvalue weighted by molar-refractivity contribution is 5.89. The molecule has 0 aliphatic heterocycles. The van der Waals surface area contributed by atoms with E-state index in [1.807, 2.05) is 55.4 Å². The minimum atomic E-state index is -0.656. The minimum Gasteiger partial charge on any atom is -0.508 e. The average Bonchev–Trinajstić information content (AvgIpc) is 2.86. The summed E-state index contributed by atoms with van der Waals surface area (Å²) in [6, 6.07) is 26.3. The maximum Gasteiger partial charge on any atom is 0.242 e. The number of nitrogens with zero attached hydrogens (tertiary/aromatic N) is 1. The molecule has 3 aromatic carbocycles. The van der Waals surface area contributed by atoms with Crippen molar-refractivity contribution in [1.82, 2.24) is 15.5 Å². The lowest BCUT2D eigenvalue weighted by molar-refractivity contribution is -0.131. The molecule has 3 rings (SSSR count). The Balaban J connectivity index is 1.55. The lowest BCUT2D eigenvalue weighted by Crippen LogP contribution is -2.52. The first-order valence-electron chi connectivity index (χ1n) is 12.0. The van der Waals surface area contributed by atoms with Crippen molar-refractivity contribution >= 4 is 11.8 Å². The van der Waals surface area contributed by atoms with Crippen LogP contribution in [0, 0.1) is 0 Å². The van der Waals surface area contributed by atoms with Crippen molar-refractivity contribution in [3.05, 3.63) is 102 Å². The molecule has 2 atom stereocenters. The summed E-state index contributed by atoms with van der Waals surface area (Å²) in [6.45, 7) is 2.20. The van der Waals surface area contributed by atoms with Crippen LogP contribution in [0.2, 0.25) is 0 Å². The van der Waals surface area contributed by atoms with Crippen LogP contribution in [0.25, 0.3) is 0 Å². The fraction of sp³-hybridized carbons (Fsp3) is 0.310. The highest BCUT2D eigenvalue weighted by atomic mass is 16.3. The summed E-state index contributed by atoms with van der Waals surface area (Å²) < 4.78 is 0. The SMILES string of the molecule is C[C@@H](NC(=O)C(Cc1ccc(O)cc1)N(C)C)C(=O)NCCC(c1ccccc1)c1ccccc1. The van der Waals surface area contributed by atoms with E-state index in [0.29, 0.717) is 13.0 Å². The number of nitrogens with one attached hydrogen (secondary N) is 2. The van der Waals surface area contributed by atoms with E-state index < -0.39 is 12.1 Å². The molecule has 184 valence electrons. The molecule has 0 bridgehead atoms. The molecule has 0 aliphatic carbocycles. The number of phenols is 1. The fourth-order valence-electron chi connectivity index (χ4n) is 4.13. The first-order chi connectivity index (χ1) is 16.8. The van der Waals surface area contributed by atoms with Gasteiger partial charge in [0.1, 0.15) is 11.8 Å². The van der Waals surface area contributed by atoms with E-state index in [4.69, 9.17) is 0 Å². The number of phenolic OH excluding ortho intramolecular Hbond substituents is 1. The van der Waals surface area contributed by atoms with Gasteiger partial charge in [-0.3, -0.25) is 14.5 Å². The third kappa shape index (κ3) is 7.69. The van der Waals surface area contributed by atoms with Gasteiger partial charge in [0.05, 0.1) is 6.04 Å². The van der Waals surface area contributed by atoms with Crippen LogP contribution in [-0.2, 0) is 16.0 Å². The zero-order valence-electron chi connectivity index (χ0n) is 20.6. The number of likely N-dealkylation sites (N-methyl/N-ethyl adjacent to an activating group) is 1. The Labute approximate surface area is 208 Å². The zero-order chi connectivity index (χ0) is 25.2. The third-order valence-corrected chi connectivity index (χ3v) is 6.18. The molecule has 0 fully saturated rings. The monoisotopic (exact) mass is 473 g/mol. The molecule has 0 radical (unpaired) electrons. The van der Waals surface area contributed by atoms with E-state index in [9.17, 15) is 14.7 Å². The number of hydrogen-bond donors (Lipinski definition) is 3. The summed E-state index contributed by atoms with van der Waals surface area (Å²) in [5.74, 6) is -0.0600. The summed E-state index contributed by atoms with van der Waals surface area (Å²) in [5, 5.41) is 15.3. The van der Waals surface area contributed by atoms with Gasteiger partial charge in [0.2, 0.25) is 11.8 Å². The predicted molar refractivity (Wildman–Crippen MR) is 139 cm³/mol. The molecular formula is C29H35N3O3. The maximum atomic E-state index is 12.9. The Morgan fingerprint density at radius 3 is 1.89 bits per heavy atom. The van der Waals surface area contributed by atoms with Crippen molar-refractivity contribution in [3.8, 4) is 5.75 Å². The van der Waals surface area contributed by atoms with Crippen LogP contribution in [0.5, 0.6) is 5.75 Å². The van der Waals surface area contributed by atoms with Gasteiger partial charge in [-0.15, -0.1) is 0 Å². The van der Waals surface area contributed by atoms with Crippen molar-refractivity contribution in [1.29, 1.82) is 0 Å². The number of hydrogen-bond acceptors (Lipinski definition) is 4. The first-order valence-corrected chi connectivity index (χ1v) is 12.0. The molecule has 0 aliphatic rings. The zero-order valence-corrected chi connectivity index (χ0v) is 20.6. The summed E-state index contributed by atoms with van der Waals surface area (Å²) in [5.41, 5.74) is 3.34. The highest BCUT2D eigenvalue weighted by Crippen LogP contribution is 2.27. The second-order valence-electron chi connectivity index (χ2n) is 9.03. The molecule has 3 aromatic rings. The maximum absolute atomic E-state index is 12.9. The molecule has 0 saturated carbocycles. The van der Waals surface area contributed by atoms with Crippen LogP contribution in [0.15, 0.2) is 84.9 Å². The number of carbonyl (C=O) groups is 2. The molecular weight excluding hydrogens is 438 g/mol. The van der Waals surface area contributed by atoms with E-state index >= 15 is 0 Å². The molecule has 0 aromatic heterocycles. The van der Waals surface area contributed by atoms with E-state index in [1.54, 1.807) is 31.2 Å². The molecule has 1 unspecified atom stereocenters. The van der Waals surface area contributed by atoms with Crippen molar-refractivity contribution in [3.63, 3.8) is 0 Å². The molecule has 6 heteroatoms. The number of aromatic hydroxyl groups is 1. The topological polar surface area (TPSA) is 81.7 Å². The summed E-state index contributed by atoms with van der Waals surface area (Å²) in [7, 11) is 3.67. The summed E-state index contributed by atoms with van der Waals surface area (Å²) >= 11 is 0. The lowest BCUT2D eigenvalue weighted by atomic mass is 9.88. The van der Waals surface area contributed by atoms with Gasteiger partial charge >= 0.3 is 0 Å². The molecule has 0 spiro atoms. The normalized spacial score (nSPS) is 12.8.